The van der Waals surface area contributed by atoms with Crippen LogP contribution in [0.2, 0.25) is 0 Å². The van der Waals surface area contributed by atoms with Gasteiger partial charge in [0.25, 0.3) is 0 Å². The third kappa shape index (κ3) is 6.75. The van der Waals surface area contributed by atoms with Gasteiger partial charge in [-0.15, -0.1) is 24.8 Å². The molecule has 1 atom stereocenters. The molecule has 6 nitrogen and oxygen atoms in total. The number of rotatable bonds is 5. The van der Waals surface area contributed by atoms with E-state index >= 15 is 0 Å². The number of aromatic nitrogens is 1. The van der Waals surface area contributed by atoms with Gasteiger partial charge in [-0.1, -0.05) is 6.07 Å². The number of amides is 2. The highest BCUT2D eigenvalue weighted by molar-refractivity contribution is 5.87. The fourth-order valence-electron chi connectivity index (χ4n) is 1.95. The highest BCUT2D eigenvalue weighted by Gasteiger charge is 2.21. The van der Waals surface area contributed by atoms with Crippen LogP contribution in [-0.2, 0) is 16.1 Å². The van der Waals surface area contributed by atoms with Crippen LogP contribution in [0, 0.1) is 0 Å². The van der Waals surface area contributed by atoms with Gasteiger partial charge in [-0.05, 0) is 31.5 Å². The minimum Gasteiger partial charge on any atom is -0.349 e. The van der Waals surface area contributed by atoms with E-state index in [0.29, 0.717) is 6.54 Å². The van der Waals surface area contributed by atoms with E-state index in [-0.39, 0.29) is 49.2 Å². The Morgan fingerprint density at radius 1 is 1.29 bits per heavy atom. The van der Waals surface area contributed by atoms with Crippen LogP contribution in [0.15, 0.2) is 24.4 Å². The van der Waals surface area contributed by atoms with Crippen molar-refractivity contribution in [1.82, 2.24) is 20.9 Å². The average molecular weight is 335 g/mol. The van der Waals surface area contributed by atoms with Crippen LogP contribution in [-0.4, -0.2) is 35.9 Å². The average Bonchev–Trinajstić information content (AvgIpc) is 2.98. The van der Waals surface area contributed by atoms with Crippen LogP contribution >= 0.6 is 24.8 Å². The Labute approximate surface area is 136 Å². The lowest BCUT2D eigenvalue weighted by atomic mass is 10.2. The highest BCUT2D eigenvalue weighted by atomic mass is 35.5. The Morgan fingerprint density at radius 3 is 2.71 bits per heavy atom. The second-order valence-corrected chi connectivity index (χ2v) is 4.46. The van der Waals surface area contributed by atoms with Gasteiger partial charge in [0, 0.05) is 6.20 Å². The van der Waals surface area contributed by atoms with Gasteiger partial charge in [-0.2, -0.15) is 0 Å². The summed E-state index contributed by atoms with van der Waals surface area (Å²) in [6.45, 7) is 1.24. The van der Waals surface area contributed by atoms with E-state index in [9.17, 15) is 9.59 Å². The molecule has 1 aliphatic rings. The molecule has 1 aromatic rings. The minimum absolute atomic E-state index is 0. The lowest BCUT2D eigenvalue weighted by molar-refractivity contribution is -0.127. The molecule has 0 saturated carbocycles. The molecule has 118 valence electrons. The van der Waals surface area contributed by atoms with Crippen LogP contribution < -0.4 is 16.0 Å². The lowest BCUT2D eigenvalue weighted by Gasteiger charge is -2.11. The number of carbonyl (C=O) groups is 2. The van der Waals surface area contributed by atoms with Crippen molar-refractivity contribution in [2.24, 2.45) is 0 Å². The molecule has 0 aromatic carbocycles. The zero-order valence-corrected chi connectivity index (χ0v) is 13.1. The van der Waals surface area contributed by atoms with E-state index in [1.807, 2.05) is 18.2 Å². The standard InChI is InChI=1S/C13H18N4O2.2ClH/c18-12(16-8-10-4-1-2-6-14-10)9-17-13(19)11-5-3-7-15-11;;/h1-2,4,6,11,15H,3,5,7-9H2,(H,16,18)(H,17,19);2*1H. The Hall–Kier alpha value is -1.37. The molecular formula is C13H20Cl2N4O2. The van der Waals surface area contributed by atoms with Crippen molar-refractivity contribution in [1.29, 1.82) is 0 Å². The van der Waals surface area contributed by atoms with Crippen molar-refractivity contribution in [2.45, 2.75) is 25.4 Å². The molecule has 1 unspecified atom stereocenters. The Balaban J connectivity index is 0.00000200. The Kier molecular flexibility index (Phi) is 9.69. The van der Waals surface area contributed by atoms with Gasteiger partial charge >= 0.3 is 0 Å². The van der Waals surface area contributed by atoms with Crippen LogP contribution in [0.25, 0.3) is 0 Å². The van der Waals surface area contributed by atoms with Crippen LogP contribution in [0.1, 0.15) is 18.5 Å². The summed E-state index contributed by atoms with van der Waals surface area (Å²) < 4.78 is 0. The maximum Gasteiger partial charge on any atom is 0.239 e. The first kappa shape index (κ1) is 19.6. The van der Waals surface area contributed by atoms with E-state index in [4.69, 9.17) is 0 Å². The quantitative estimate of drug-likeness (QED) is 0.728. The minimum atomic E-state index is -0.211. The van der Waals surface area contributed by atoms with Crippen LogP contribution in [0.3, 0.4) is 0 Å². The molecule has 1 aromatic heterocycles. The van der Waals surface area contributed by atoms with Crippen molar-refractivity contribution >= 4 is 36.6 Å². The summed E-state index contributed by atoms with van der Waals surface area (Å²) in [7, 11) is 0. The van der Waals surface area contributed by atoms with Gasteiger partial charge in [0.2, 0.25) is 11.8 Å². The number of hydrogen-bond donors (Lipinski definition) is 3. The van der Waals surface area contributed by atoms with Crippen LogP contribution in [0.4, 0.5) is 0 Å². The van der Waals surface area contributed by atoms with E-state index in [2.05, 4.69) is 20.9 Å². The number of nitrogens with one attached hydrogen (secondary N) is 3. The Bertz CT molecular complexity index is 439. The molecular weight excluding hydrogens is 315 g/mol. The molecule has 21 heavy (non-hydrogen) atoms. The monoisotopic (exact) mass is 334 g/mol. The lowest BCUT2D eigenvalue weighted by Crippen LogP contribution is -2.44. The van der Waals surface area contributed by atoms with Crippen molar-refractivity contribution in [3.63, 3.8) is 0 Å². The third-order valence-electron chi connectivity index (χ3n) is 2.99. The topological polar surface area (TPSA) is 83.1 Å². The van der Waals surface area contributed by atoms with E-state index in [1.165, 1.54) is 0 Å². The molecule has 8 heteroatoms. The molecule has 1 aliphatic heterocycles. The molecule has 0 radical (unpaired) electrons. The number of halogens is 2. The molecule has 2 heterocycles. The predicted octanol–water partition coefficient (Wildman–Crippen LogP) is 0.410. The highest BCUT2D eigenvalue weighted by Crippen LogP contribution is 2.04. The molecule has 3 N–H and O–H groups in total. The molecule has 0 bridgehead atoms. The molecule has 2 rings (SSSR count). The normalized spacial score (nSPS) is 16.3. The van der Waals surface area contributed by atoms with Gasteiger partial charge in [-0.3, -0.25) is 14.6 Å². The first-order valence-electron chi connectivity index (χ1n) is 6.43. The molecule has 1 saturated heterocycles. The van der Waals surface area contributed by atoms with Crippen molar-refractivity contribution in [2.75, 3.05) is 13.1 Å². The number of hydrogen-bond acceptors (Lipinski definition) is 4. The summed E-state index contributed by atoms with van der Waals surface area (Å²) in [5, 5.41) is 8.42. The maximum absolute atomic E-state index is 11.7. The van der Waals surface area contributed by atoms with Crippen molar-refractivity contribution < 1.29 is 9.59 Å². The maximum atomic E-state index is 11.7. The first-order valence-corrected chi connectivity index (χ1v) is 6.43. The molecule has 0 aliphatic carbocycles. The summed E-state index contributed by atoms with van der Waals surface area (Å²) in [6.07, 6.45) is 3.51. The summed E-state index contributed by atoms with van der Waals surface area (Å²) >= 11 is 0. The van der Waals surface area contributed by atoms with Crippen LogP contribution in [0.5, 0.6) is 0 Å². The van der Waals surface area contributed by atoms with Gasteiger partial charge < -0.3 is 16.0 Å². The zero-order chi connectivity index (χ0) is 13.5. The summed E-state index contributed by atoms with van der Waals surface area (Å²) in [5.41, 5.74) is 0.791. The van der Waals surface area contributed by atoms with E-state index < -0.39 is 0 Å². The fourth-order valence-corrected chi connectivity index (χ4v) is 1.95. The molecule has 1 fully saturated rings. The number of pyridine rings is 1. The summed E-state index contributed by atoms with van der Waals surface area (Å²) in [4.78, 5) is 27.3. The zero-order valence-electron chi connectivity index (χ0n) is 11.5. The predicted molar refractivity (Wildman–Crippen MR) is 84.6 cm³/mol. The number of carbonyl (C=O) groups excluding carboxylic acids is 2. The second-order valence-electron chi connectivity index (χ2n) is 4.46. The fraction of sp³-hybridized carbons (Fsp3) is 0.462. The molecule has 0 spiro atoms. The Morgan fingerprint density at radius 2 is 2.10 bits per heavy atom. The van der Waals surface area contributed by atoms with E-state index in [0.717, 1.165) is 25.1 Å². The molecule has 2 amide bonds. The van der Waals surface area contributed by atoms with Gasteiger partial charge in [0.1, 0.15) is 0 Å². The third-order valence-corrected chi connectivity index (χ3v) is 2.99. The first-order chi connectivity index (χ1) is 9.25. The van der Waals surface area contributed by atoms with E-state index in [1.54, 1.807) is 6.20 Å². The van der Waals surface area contributed by atoms with Gasteiger partial charge in [0.05, 0.1) is 24.8 Å². The second kappa shape index (κ2) is 10.4. The summed E-state index contributed by atoms with van der Waals surface area (Å²) in [6, 6.07) is 5.37. The van der Waals surface area contributed by atoms with Crippen molar-refractivity contribution in [3.05, 3.63) is 30.1 Å². The largest absolute Gasteiger partial charge is 0.349 e. The SMILES string of the molecule is Cl.Cl.O=C(CNC(=O)C1CCCN1)NCc1ccccn1. The number of nitrogens with zero attached hydrogens (tertiary/aromatic N) is 1. The smallest absolute Gasteiger partial charge is 0.239 e. The van der Waals surface area contributed by atoms with Gasteiger partial charge in [-0.25, -0.2) is 0 Å². The van der Waals surface area contributed by atoms with Gasteiger partial charge in [0.15, 0.2) is 0 Å². The summed E-state index contributed by atoms with van der Waals surface area (Å²) in [5.74, 6) is -0.317. The van der Waals surface area contributed by atoms with Crippen molar-refractivity contribution in [3.8, 4) is 0 Å².